The predicted molar refractivity (Wildman–Crippen MR) is 93.6 cm³/mol. The quantitative estimate of drug-likeness (QED) is 0.687. The van der Waals surface area contributed by atoms with E-state index in [0.29, 0.717) is 5.41 Å². The number of rotatable bonds is 3. The second-order valence-corrected chi connectivity index (χ2v) is 7.88. The lowest BCUT2D eigenvalue weighted by molar-refractivity contribution is 0.203. The summed E-state index contributed by atoms with van der Waals surface area (Å²) < 4.78 is 0. The fourth-order valence-electron chi connectivity index (χ4n) is 3.98. The van der Waals surface area contributed by atoms with E-state index in [9.17, 15) is 0 Å². The summed E-state index contributed by atoms with van der Waals surface area (Å²) in [5.74, 6) is 1.08. The van der Waals surface area contributed by atoms with E-state index in [1.54, 1.807) is 11.3 Å². The maximum atomic E-state index is 4.52. The second-order valence-electron chi connectivity index (χ2n) is 6.81. The van der Waals surface area contributed by atoms with E-state index in [1.165, 1.54) is 50.8 Å². The molecule has 1 aromatic rings. The van der Waals surface area contributed by atoms with E-state index in [4.69, 9.17) is 0 Å². The van der Waals surface area contributed by atoms with Crippen molar-refractivity contribution in [3.05, 3.63) is 16.1 Å². The molecule has 0 atom stereocenters. The third-order valence-electron chi connectivity index (χ3n) is 5.19. The van der Waals surface area contributed by atoms with Gasteiger partial charge in [0.2, 0.25) is 0 Å². The standard InChI is InChI=1S/C17H28N4S/c1-14-20-15(12-22-14)6-10-19-16(18-2)21-11-9-17(13-21)7-4-3-5-8-17/h12H,3-11,13H2,1-2H3,(H,18,19). The first-order chi connectivity index (χ1) is 10.7. The van der Waals surface area contributed by atoms with Crippen molar-refractivity contribution in [2.24, 2.45) is 10.4 Å². The minimum absolute atomic E-state index is 0.585. The summed E-state index contributed by atoms with van der Waals surface area (Å²) in [6.45, 7) is 5.34. The van der Waals surface area contributed by atoms with Crippen LogP contribution in [0.3, 0.4) is 0 Å². The van der Waals surface area contributed by atoms with E-state index in [1.807, 2.05) is 7.05 Å². The third kappa shape index (κ3) is 3.62. The van der Waals surface area contributed by atoms with Gasteiger partial charge < -0.3 is 10.2 Å². The number of thiazole rings is 1. The number of aryl methyl sites for hydroxylation is 1. The van der Waals surface area contributed by atoms with Gasteiger partial charge in [-0.2, -0.15) is 0 Å². The lowest BCUT2D eigenvalue weighted by Gasteiger charge is -2.33. The highest BCUT2D eigenvalue weighted by molar-refractivity contribution is 7.09. The van der Waals surface area contributed by atoms with Crippen molar-refractivity contribution in [1.29, 1.82) is 0 Å². The molecule has 4 nitrogen and oxygen atoms in total. The van der Waals surface area contributed by atoms with Crippen molar-refractivity contribution in [3.8, 4) is 0 Å². The van der Waals surface area contributed by atoms with Gasteiger partial charge >= 0.3 is 0 Å². The largest absolute Gasteiger partial charge is 0.356 e. The fourth-order valence-corrected chi connectivity index (χ4v) is 4.63. The molecule has 5 heteroatoms. The van der Waals surface area contributed by atoms with Crippen LogP contribution in [0.5, 0.6) is 0 Å². The molecule has 22 heavy (non-hydrogen) atoms. The smallest absolute Gasteiger partial charge is 0.193 e. The van der Waals surface area contributed by atoms with Crippen LogP contribution in [0.4, 0.5) is 0 Å². The number of hydrogen-bond acceptors (Lipinski definition) is 3. The monoisotopic (exact) mass is 320 g/mol. The maximum absolute atomic E-state index is 4.52. The second kappa shape index (κ2) is 6.99. The molecule has 0 amide bonds. The van der Waals surface area contributed by atoms with Crippen LogP contribution in [0.15, 0.2) is 10.4 Å². The molecule has 1 saturated heterocycles. The molecule has 1 N–H and O–H groups in total. The minimum Gasteiger partial charge on any atom is -0.356 e. The highest BCUT2D eigenvalue weighted by Gasteiger charge is 2.39. The molecule has 1 aromatic heterocycles. The summed E-state index contributed by atoms with van der Waals surface area (Å²) in [6, 6.07) is 0. The summed E-state index contributed by atoms with van der Waals surface area (Å²) in [4.78, 5) is 11.5. The zero-order valence-electron chi connectivity index (χ0n) is 13.9. The Balaban J connectivity index is 1.49. The molecule has 0 aromatic carbocycles. The Labute approximate surface area is 138 Å². The fraction of sp³-hybridized carbons (Fsp3) is 0.765. The van der Waals surface area contributed by atoms with Crippen molar-refractivity contribution >= 4 is 17.3 Å². The van der Waals surface area contributed by atoms with Crippen LogP contribution in [0, 0.1) is 12.3 Å². The minimum atomic E-state index is 0.585. The Morgan fingerprint density at radius 2 is 2.18 bits per heavy atom. The Morgan fingerprint density at radius 3 is 2.86 bits per heavy atom. The van der Waals surface area contributed by atoms with Gasteiger partial charge in [0.15, 0.2) is 5.96 Å². The molecule has 0 bridgehead atoms. The zero-order valence-corrected chi connectivity index (χ0v) is 14.7. The van der Waals surface area contributed by atoms with Crippen LogP contribution in [0.25, 0.3) is 0 Å². The Bertz CT molecular complexity index is 516. The van der Waals surface area contributed by atoms with Crippen molar-refractivity contribution in [1.82, 2.24) is 15.2 Å². The first kappa shape index (κ1) is 15.8. The number of likely N-dealkylation sites (tertiary alicyclic amines) is 1. The van der Waals surface area contributed by atoms with Gasteiger partial charge in [-0.15, -0.1) is 11.3 Å². The number of aliphatic imine (C=N–C) groups is 1. The van der Waals surface area contributed by atoms with Crippen molar-refractivity contribution < 1.29 is 0 Å². The van der Waals surface area contributed by atoms with Crippen molar-refractivity contribution in [2.75, 3.05) is 26.7 Å². The summed E-state index contributed by atoms with van der Waals surface area (Å²) in [5.41, 5.74) is 1.78. The highest BCUT2D eigenvalue weighted by Crippen LogP contribution is 2.43. The van der Waals surface area contributed by atoms with E-state index >= 15 is 0 Å². The van der Waals surface area contributed by atoms with Gasteiger partial charge in [0.1, 0.15) is 0 Å². The Hall–Kier alpha value is -1.10. The number of hydrogen-bond donors (Lipinski definition) is 1. The molecule has 1 aliphatic heterocycles. The number of nitrogens with one attached hydrogen (secondary N) is 1. The average molecular weight is 321 g/mol. The van der Waals surface area contributed by atoms with Crippen LogP contribution in [-0.4, -0.2) is 42.5 Å². The van der Waals surface area contributed by atoms with Gasteiger partial charge in [0.25, 0.3) is 0 Å². The molecule has 2 fully saturated rings. The number of nitrogens with zero attached hydrogens (tertiary/aromatic N) is 3. The number of guanidine groups is 1. The van der Waals surface area contributed by atoms with Gasteiger partial charge in [-0.1, -0.05) is 19.3 Å². The highest BCUT2D eigenvalue weighted by atomic mass is 32.1. The molecule has 2 aliphatic rings. The van der Waals surface area contributed by atoms with Crippen LogP contribution >= 0.6 is 11.3 Å². The lowest BCUT2D eigenvalue weighted by Crippen LogP contribution is -2.42. The Kier molecular flexibility index (Phi) is 5.01. The van der Waals surface area contributed by atoms with Crippen LogP contribution in [0.2, 0.25) is 0 Å². The SMILES string of the molecule is CN=C(NCCc1csc(C)n1)N1CCC2(CCCCC2)C1. The van der Waals surface area contributed by atoms with Gasteiger partial charge in [-0.3, -0.25) is 4.99 Å². The van der Waals surface area contributed by atoms with Crippen LogP contribution < -0.4 is 5.32 Å². The zero-order chi connectivity index (χ0) is 15.4. The summed E-state index contributed by atoms with van der Waals surface area (Å²) in [7, 11) is 1.90. The molecule has 3 rings (SSSR count). The van der Waals surface area contributed by atoms with Crippen LogP contribution in [0.1, 0.15) is 49.2 Å². The van der Waals surface area contributed by atoms with Gasteiger partial charge in [0.05, 0.1) is 10.7 Å². The summed E-state index contributed by atoms with van der Waals surface area (Å²) in [5, 5.41) is 6.84. The van der Waals surface area contributed by atoms with Crippen LogP contribution in [-0.2, 0) is 6.42 Å². The van der Waals surface area contributed by atoms with E-state index in [2.05, 4.69) is 32.5 Å². The molecular formula is C17H28N4S. The lowest BCUT2D eigenvalue weighted by atomic mass is 9.73. The van der Waals surface area contributed by atoms with Crippen molar-refractivity contribution in [2.45, 2.75) is 51.9 Å². The third-order valence-corrected chi connectivity index (χ3v) is 6.02. The van der Waals surface area contributed by atoms with Crippen molar-refractivity contribution in [3.63, 3.8) is 0 Å². The first-order valence-electron chi connectivity index (χ1n) is 8.57. The molecule has 1 spiro atoms. The summed E-state index contributed by atoms with van der Waals surface area (Å²) in [6.07, 6.45) is 9.42. The Morgan fingerprint density at radius 1 is 1.36 bits per heavy atom. The number of aromatic nitrogens is 1. The van der Waals surface area contributed by atoms with E-state index in [-0.39, 0.29) is 0 Å². The molecule has 122 valence electrons. The van der Waals surface area contributed by atoms with E-state index < -0.39 is 0 Å². The molecule has 0 unspecified atom stereocenters. The summed E-state index contributed by atoms with van der Waals surface area (Å²) >= 11 is 1.73. The normalized spacial score (nSPS) is 21.5. The van der Waals surface area contributed by atoms with Gasteiger partial charge in [-0.25, -0.2) is 4.98 Å². The predicted octanol–water partition coefficient (Wildman–Crippen LogP) is 3.23. The van der Waals surface area contributed by atoms with Gasteiger partial charge in [-0.05, 0) is 31.6 Å². The van der Waals surface area contributed by atoms with Gasteiger partial charge in [0, 0.05) is 38.5 Å². The topological polar surface area (TPSA) is 40.5 Å². The molecule has 1 saturated carbocycles. The average Bonchev–Trinajstić information content (AvgIpc) is 3.12. The molecule has 1 aliphatic carbocycles. The van der Waals surface area contributed by atoms with E-state index in [0.717, 1.165) is 30.5 Å². The molecular weight excluding hydrogens is 292 g/mol. The molecule has 0 radical (unpaired) electrons. The maximum Gasteiger partial charge on any atom is 0.193 e. The first-order valence-corrected chi connectivity index (χ1v) is 9.45. The molecule has 2 heterocycles.